The van der Waals surface area contributed by atoms with Gasteiger partial charge in [0.25, 0.3) is 5.91 Å². The van der Waals surface area contributed by atoms with Crippen LogP contribution < -0.4 is 26.0 Å². The van der Waals surface area contributed by atoms with Gasteiger partial charge in [-0.25, -0.2) is 0 Å². The minimum absolute atomic E-state index is 0.131. The third-order valence-electron chi connectivity index (χ3n) is 7.58. The minimum Gasteiger partial charge on any atom is -0.491 e. The van der Waals surface area contributed by atoms with Crippen molar-refractivity contribution in [2.45, 2.75) is 51.9 Å². The summed E-state index contributed by atoms with van der Waals surface area (Å²) in [5, 5.41) is 11.2. The van der Waals surface area contributed by atoms with Gasteiger partial charge in [-0.05, 0) is 29.2 Å². The number of rotatable bonds is 7. The quantitative estimate of drug-likeness (QED) is 0.389. The molecule has 2 aliphatic rings. The van der Waals surface area contributed by atoms with Crippen LogP contribution in [0.3, 0.4) is 0 Å². The Hall–Kier alpha value is -3.96. The number of ether oxygens (including phenoxy) is 2. The van der Waals surface area contributed by atoms with Crippen molar-refractivity contribution in [1.29, 1.82) is 0 Å². The number of hydrogen-bond donors (Lipinski definition) is 4. The predicted molar refractivity (Wildman–Crippen MR) is 157 cm³/mol. The molecule has 0 saturated carbocycles. The highest BCUT2D eigenvalue weighted by Gasteiger charge is 2.30. The summed E-state index contributed by atoms with van der Waals surface area (Å²) in [5.41, 5.74) is 2.26. The molecule has 11 heteroatoms. The number of carbonyl (C=O) groups is 4. The van der Waals surface area contributed by atoms with Gasteiger partial charge in [0.1, 0.15) is 24.4 Å². The van der Waals surface area contributed by atoms with Gasteiger partial charge in [0.15, 0.2) is 0 Å². The lowest BCUT2D eigenvalue weighted by Crippen LogP contribution is -2.54. The maximum absolute atomic E-state index is 13.4. The highest BCUT2D eigenvalue weighted by atomic mass is 16.5. The van der Waals surface area contributed by atoms with Crippen LogP contribution in [-0.4, -0.2) is 80.1 Å². The number of hydrogen-bond acceptors (Lipinski definition) is 7. The zero-order valence-electron chi connectivity index (χ0n) is 24.3. The van der Waals surface area contributed by atoms with E-state index in [1.165, 1.54) is 0 Å². The lowest BCUT2D eigenvalue weighted by molar-refractivity contribution is -0.132. The summed E-state index contributed by atoms with van der Waals surface area (Å²) in [6.07, 6.45) is 0.325. The minimum atomic E-state index is -1.18. The van der Waals surface area contributed by atoms with Crippen molar-refractivity contribution in [2.24, 2.45) is 5.92 Å². The standard InChI is InChI=1S/C31H41N5O6/c1-3-21(2)28-31(40)32-11-14-42-26-10-5-4-9-24(26)29(38)34-25(18-27(37)35-28)30(39)33-19-22-7-6-8-23(17-22)20-36-12-15-41-16-13-36/h4-10,17,21,25,28H,3,11-16,18-20H2,1-2H3,(H,32,40)(H,33,39)(H,34,38)(H,35,37)/t21-,25-,28-/m0/s1. The molecule has 0 spiro atoms. The van der Waals surface area contributed by atoms with Crippen molar-refractivity contribution < 1.29 is 28.7 Å². The summed E-state index contributed by atoms with van der Waals surface area (Å²) in [6, 6.07) is 12.7. The first kappa shape index (κ1) is 31.0. The van der Waals surface area contributed by atoms with Gasteiger partial charge in [-0.3, -0.25) is 24.1 Å². The molecule has 226 valence electrons. The van der Waals surface area contributed by atoms with Gasteiger partial charge in [-0.15, -0.1) is 0 Å². The van der Waals surface area contributed by atoms with Gasteiger partial charge in [0.2, 0.25) is 17.7 Å². The number of fused-ring (bicyclic) bond motifs is 1. The number of amides is 4. The normalized spacial score (nSPS) is 21.4. The first-order valence-corrected chi connectivity index (χ1v) is 14.6. The summed E-state index contributed by atoms with van der Waals surface area (Å²) in [4.78, 5) is 55.1. The summed E-state index contributed by atoms with van der Waals surface area (Å²) in [5.74, 6) is -1.70. The molecule has 0 radical (unpaired) electrons. The molecule has 0 unspecified atom stereocenters. The lowest BCUT2D eigenvalue weighted by atomic mass is 9.97. The van der Waals surface area contributed by atoms with Crippen molar-refractivity contribution >= 4 is 23.6 Å². The Morgan fingerprint density at radius 2 is 1.79 bits per heavy atom. The summed E-state index contributed by atoms with van der Waals surface area (Å²) in [6.45, 7) is 8.34. The summed E-state index contributed by atoms with van der Waals surface area (Å²) < 4.78 is 11.2. The predicted octanol–water partition coefficient (Wildman–Crippen LogP) is 1.36. The maximum atomic E-state index is 13.4. The Kier molecular flexibility index (Phi) is 11.3. The molecule has 42 heavy (non-hydrogen) atoms. The molecule has 4 rings (SSSR count). The van der Waals surface area contributed by atoms with Crippen molar-refractivity contribution in [3.8, 4) is 5.75 Å². The largest absolute Gasteiger partial charge is 0.491 e. The van der Waals surface area contributed by atoms with E-state index in [4.69, 9.17) is 9.47 Å². The topological polar surface area (TPSA) is 138 Å². The number of nitrogens with one attached hydrogen (secondary N) is 4. The van der Waals surface area contributed by atoms with Crippen LogP contribution in [0.2, 0.25) is 0 Å². The van der Waals surface area contributed by atoms with Gasteiger partial charge in [-0.1, -0.05) is 56.7 Å². The second kappa shape index (κ2) is 15.3. The fourth-order valence-electron chi connectivity index (χ4n) is 4.96. The van der Waals surface area contributed by atoms with E-state index in [0.29, 0.717) is 12.2 Å². The second-order valence-corrected chi connectivity index (χ2v) is 10.7. The third kappa shape index (κ3) is 8.77. The molecule has 4 amide bonds. The van der Waals surface area contributed by atoms with Crippen LogP contribution in [0.15, 0.2) is 48.5 Å². The Bertz CT molecular complexity index is 1250. The Labute approximate surface area is 246 Å². The molecular weight excluding hydrogens is 538 g/mol. The average molecular weight is 580 g/mol. The Balaban J connectivity index is 1.49. The zero-order chi connectivity index (χ0) is 29.9. The maximum Gasteiger partial charge on any atom is 0.255 e. The fraction of sp³-hybridized carbons (Fsp3) is 0.484. The van der Waals surface area contributed by atoms with Crippen LogP contribution >= 0.6 is 0 Å². The van der Waals surface area contributed by atoms with E-state index in [2.05, 4.69) is 26.2 Å². The van der Waals surface area contributed by atoms with Gasteiger partial charge in [0, 0.05) is 26.2 Å². The smallest absolute Gasteiger partial charge is 0.255 e. The zero-order valence-corrected chi connectivity index (χ0v) is 24.3. The van der Waals surface area contributed by atoms with Crippen molar-refractivity contribution in [1.82, 2.24) is 26.2 Å². The van der Waals surface area contributed by atoms with E-state index < -0.39 is 29.8 Å². The Morgan fingerprint density at radius 3 is 2.57 bits per heavy atom. The van der Waals surface area contributed by atoms with Crippen LogP contribution in [0.25, 0.3) is 0 Å². The van der Waals surface area contributed by atoms with E-state index in [-0.39, 0.29) is 43.5 Å². The molecular formula is C31H41N5O6. The van der Waals surface area contributed by atoms with Crippen LogP contribution in [-0.2, 0) is 32.2 Å². The van der Waals surface area contributed by atoms with Crippen LogP contribution in [0.4, 0.5) is 0 Å². The lowest BCUT2D eigenvalue weighted by Gasteiger charge is -2.26. The van der Waals surface area contributed by atoms with E-state index in [1.54, 1.807) is 24.3 Å². The Morgan fingerprint density at radius 1 is 1.02 bits per heavy atom. The molecule has 11 nitrogen and oxygen atoms in total. The highest BCUT2D eigenvalue weighted by Crippen LogP contribution is 2.19. The number of para-hydroxylation sites is 1. The SMILES string of the molecule is CC[C@H](C)[C@@H]1NC(=O)C[C@@H](C(=O)NCc2cccc(CN3CCOCC3)c2)NC(=O)c2ccccc2OCCNC1=O. The fourth-order valence-corrected chi connectivity index (χ4v) is 4.96. The number of carbonyl (C=O) groups excluding carboxylic acids is 4. The van der Waals surface area contributed by atoms with E-state index in [1.807, 2.05) is 38.1 Å². The molecule has 4 N–H and O–H groups in total. The van der Waals surface area contributed by atoms with E-state index in [0.717, 1.165) is 44.0 Å². The van der Waals surface area contributed by atoms with Gasteiger partial charge < -0.3 is 30.7 Å². The molecule has 1 saturated heterocycles. The van der Waals surface area contributed by atoms with Crippen LogP contribution in [0.1, 0.15) is 48.2 Å². The van der Waals surface area contributed by atoms with Crippen molar-refractivity contribution in [2.75, 3.05) is 39.5 Å². The van der Waals surface area contributed by atoms with Gasteiger partial charge in [-0.2, -0.15) is 0 Å². The summed E-state index contributed by atoms with van der Waals surface area (Å²) in [7, 11) is 0. The van der Waals surface area contributed by atoms with E-state index in [9.17, 15) is 19.2 Å². The van der Waals surface area contributed by atoms with E-state index >= 15 is 0 Å². The molecule has 0 bridgehead atoms. The molecule has 2 aromatic carbocycles. The monoisotopic (exact) mass is 579 g/mol. The van der Waals surface area contributed by atoms with Crippen LogP contribution in [0, 0.1) is 5.92 Å². The van der Waals surface area contributed by atoms with Crippen LogP contribution in [0.5, 0.6) is 5.75 Å². The number of morpholine rings is 1. The molecule has 2 aliphatic heterocycles. The molecule has 2 heterocycles. The highest BCUT2D eigenvalue weighted by molar-refractivity contribution is 6.01. The van der Waals surface area contributed by atoms with Gasteiger partial charge in [0.05, 0.1) is 31.7 Å². The van der Waals surface area contributed by atoms with Crippen molar-refractivity contribution in [3.05, 3.63) is 65.2 Å². The molecule has 1 fully saturated rings. The number of nitrogens with zero attached hydrogens (tertiary/aromatic N) is 1. The third-order valence-corrected chi connectivity index (χ3v) is 7.58. The first-order chi connectivity index (χ1) is 20.3. The number of benzene rings is 2. The van der Waals surface area contributed by atoms with Gasteiger partial charge >= 0.3 is 0 Å². The van der Waals surface area contributed by atoms with Crippen molar-refractivity contribution in [3.63, 3.8) is 0 Å². The molecule has 0 aliphatic carbocycles. The first-order valence-electron chi connectivity index (χ1n) is 14.6. The summed E-state index contributed by atoms with van der Waals surface area (Å²) >= 11 is 0. The second-order valence-electron chi connectivity index (χ2n) is 10.7. The average Bonchev–Trinajstić information content (AvgIpc) is 3.00. The molecule has 3 atom stereocenters. The molecule has 2 aromatic rings. The molecule has 0 aromatic heterocycles.